The maximum absolute atomic E-state index is 11.3. The second-order valence-electron chi connectivity index (χ2n) is 4.01. The SMILES string of the molecule is CC(=O)c1sc(N2CCCCC2)nc1C. The van der Waals surface area contributed by atoms with Crippen LogP contribution in [0.1, 0.15) is 41.6 Å². The predicted octanol–water partition coefficient (Wildman–Crippen LogP) is 2.64. The second kappa shape index (κ2) is 4.31. The number of hydrogen-bond acceptors (Lipinski definition) is 4. The maximum Gasteiger partial charge on any atom is 0.186 e. The fraction of sp³-hybridized carbons (Fsp3) is 0.636. The van der Waals surface area contributed by atoms with E-state index in [1.54, 1.807) is 6.92 Å². The third-order valence-corrected chi connectivity index (χ3v) is 4.05. The highest BCUT2D eigenvalue weighted by molar-refractivity contribution is 7.17. The summed E-state index contributed by atoms with van der Waals surface area (Å²) in [7, 11) is 0. The topological polar surface area (TPSA) is 33.2 Å². The molecule has 0 aromatic carbocycles. The average molecular weight is 224 g/mol. The number of anilines is 1. The number of Topliss-reactive ketones (excluding diaryl/α,β-unsaturated/α-hetero) is 1. The van der Waals surface area contributed by atoms with Crippen molar-refractivity contribution in [1.82, 2.24) is 4.98 Å². The monoisotopic (exact) mass is 224 g/mol. The van der Waals surface area contributed by atoms with Gasteiger partial charge in [-0.25, -0.2) is 4.98 Å². The second-order valence-corrected chi connectivity index (χ2v) is 4.99. The van der Waals surface area contributed by atoms with Crippen LogP contribution in [0.5, 0.6) is 0 Å². The summed E-state index contributed by atoms with van der Waals surface area (Å²) in [6, 6.07) is 0. The number of aromatic nitrogens is 1. The maximum atomic E-state index is 11.3. The molecule has 1 aliphatic heterocycles. The minimum absolute atomic E-state index is 0.133. The van der Waals surface area contributed by atoms with Crippen molar-refractivity contribution in [3.05, 3.63) is 10.6 Å². The van der Waals surface area contributed by atoms with Gasteiger partial charge in [0, 0.05) is 20.0 Å². The third-order valence-electron chi connectivity index (χ3n) is 2.73. The van der Waals surface area contributed by atoms with E-state index < -0.39 is 0 Å². The number of thiazole rings is 1. The van der Waals surface area contributed by atoms with Gasteiger partial charge in [-0.3, -0.25) is 4.79 Å². The minimum Gasteiger partial charge on any atom is -0.348 e. The van der Waals surface area contributed by atoms with Gasteiger partial charge in [-0.15, -0.1) is 0 Å². The Hall–Kier alpha value is -0.900. The molecule has 0 unspecified atom stereocenters. The van der Waals surface area contributed by atoms with Crippen LogP contribution < -0.4 is 4.90 Å². The normalized spacial score (nSPS) is 16.8. The Labute approximate surface area is 94.1 Å². The van der Waals surface area contributed by atoms with Crippen LogP contribution >= 0.6 is 11.3 Å². The molecule has 2 heterocycles. The summed E-state index contributed by atoms with van der Waals surface area (Å²) < 4.78 is 0. The molecule has 0 aliphatic carbocycles. The largest absolute Gasteiger partial charge is 0.348 e. The predicted molar refractivity (Wildman–Crippen MR) is 62.9 cm³/mol. The van der Waals surface area contributed by atoms with Gasteiger partial charge in [0.2, 0.25) is 0 Å². The molecule has 15 heavy (non-hydrogen) atoms. The molecule has 1 aromatic rings. The van der Waals surface area contributed by atoms with Crippen LogP contribution in [0.2, 0.25) is 0 Å². The van der Waals surface area contributed by atoms with Crippen LogP contribution in [0.3, 0.4) is 0 Å². The molecule has 0 saturated carbocycles. The van der Waals surface area contributed by atoms with Crippen LogP contribution in [-0.4, -0.2) is 23.9 Å². The van der Waals surface area contributed by atoms with E-state index in [-0.39, 0.29) is 5.78 Å². The number of hydrogen-bond donors (Lipinski definition) is 0. The fourth-order valence-electron chi connectivity index (χ4n) is 1.93. The van der Waals surface area contributed by atoms with Crippen molar-refractivity contribution in [1.29, 1.82) is 0 Å². The molecule has 1 aliphatic rings. The lowest BCUT2D eigenvalue weighted by Gasteiger charge is -2.25. The van der Waals surface area contributed by atoms with Crippen molar-refractivity contribution in [3.63, 3.8) is 0 Å². The van der Waals surface area contributed by atoms with Crippen molar-refractivity contribution in [2.45, 2.75) is 33.1 Å². The van der Waals surface area contributed by atoms with E-state index in [2.05, 4.69) is 9.88 Å². The lowest BCUT2D eigenvalue weighted by Crippen LogP contribution is -2.29. The van der Waals surface area contributed by atoms with Gasteiger partial charge in [-0.05, 0) is 26.2 Å². The number of aryl methyl sites for hydroxylation is 1. The molecular weight excluding hydrogens is 208 g/mol. The highest BCUT2D eigenvalue weighted by atomic mass is 32.1. The first-order chi connectivity index (χ1) is 7.18. The van der Waals surface area contributed by atoms with Gasteiger partial charge < -0.3 is 4.90 Å². The zero-order valence-corrected chi connectivity index (χ0v) is 10.1. The Balaban J connectivity index is 2.21. The standard InChI is InChI=1S/C11H16N2OS/c1-8-10(9(2)14)15-11(12-8)13-6-4-3-5-7-13/h3-7H2,1-2H3. The van der Waals surface area contributed by atoms with E-state index in [0.29, 0.717) is 0 Å². The summed E-state index contributed by atoms with van der Waals surface area (Å²) in [5.41, 5.74) is 0.882. The Morgan fingerprint density at radius 1 is 1.33 bits per heavy atom. The minimum atomic E-state index is 0.133. The number of rotatable bonds is 2. The van der Waals surface area contributed by atoms with Crippen LogP contribution in [0.15, 0.2) is 0 Å². The van der Waals surface area contributed by atoms with Crippen molar-refractivity contribution in [2.75, 3.05) is 18.0 Å². The van der Waals surface area contributed by atoms with Crippen LogP contribution in [0.25, 0.3) is 0 Å². The van der Waals surface area contributed by atoms with Crippen molar-refractivity contribution >= 4 is 22.3 Å². The van der Waals surface area contributed by atoms with E-state index in [9.17, 15) is 4.79 Å². The smallest absolute Gasteiger partial charge is 0.186 e. The zero-order valence-electron chi connectivity index (χ0n) is 9.25. The molecule has 0 bridgehead atoms. The van der Waals surface area contributed by atoms with Gasteiger partial charge in [-0.1, -0.05) is 11.3 Å². The lowest BCUT2D eigenvalue weighted by atomic mass is 10.1. The number of ketones is 1. The van der Waals surface area contributed by atoms with Gasteiger partial charge in [-0.2, -0.15) is 0 Å². The Morgan fingerprint density at radius 2 is 2.00 bits per heavy atom. The molecule has 0 N–H and O–H groups in total. The Morgan fingerprint density at radius 3 is 2.53 bits per heavy atom. The summed E-state index contributed by atoms with van der Waals surface area (Å²) in [6.45, 7) is 5.70. The summed E-state index contributed by atoms with van der Waals surface area (Å²) in [6.07, 6.45) is 3.81. The molecule has 1 fully saturated rings. The van der Waals surface area contributed by atoms with E-state index in [1.165, 1.54) is 30.6 Å². The number of nitrogens with zero attached hydrogens (tertiary/aromatic N) is 2. The highest BCUT2D eigenvalue weighted by Gasteiger charge is 2.17. The molecular formula is C11H16N2OS. The molecule has 3 nitrogen and oxygen atoms in total. The van der Waals surface area contributed by atoms with E-state index in [4.69, 9.17) is 0 Å². The number of piperidine rings is 1. The first-order valence-corrected chi connectivity index (χ1v) is 6.23. The fourth-order valence-corrected chi connectivity index (χ4v) is 2.94. The van der Waals surface area contributed by atoms with Crippen molar-refractivity contribution < 1.29 is 4.79 Å². The Kier molecular flexibility index (Phi) is 3.05. The summed E-state index contributed by atoms with van der Waals surface area (Å²) in [5.74, 6) is 0.133. The zero-order chi connectivity index (χ0) is 10.8. The molecule has 0 radical (unpaired) electrons. The lowest BCUT2D eigenvalue weighted by molar-refractivity contribution is 0.102. The third kappa shape index (κ3) is 2.20. The number of carbonyl (C=O) groups is 1. The van der Waals surface area contributed by atoms with E-state index in [0.717, 1.165) is 28.8 Å². The molecule has 4 heteroatoms. The molecule has 82 valence electrons. The van der Waals surface area contributed by atoms with Crippen LogP contribution in [-0.2, 0) is 0 Å². The summed E-state index contributed by atoms with van der Waals surface area (Å²) in [5, 5.41) is 1.03. The van der Waals surface area contributed by atoms with Crippen LogP contribution in [0.4, 0.5) is 5.13 Å². The molecule has 1 aromatic heterocycles. The molecule has 0 amide bonds. The highest BCUT2D eigenvalue weighted by Crippen LogP contribution is 2.28. The average Bonchev–Trinajstić information content (AvgIpc) is 2.62. The van der Waals surface area contributed by atoms with Crippen molar-refractivity contribution in [2.24, 2.45) is 0 Å². The van der Waals surface area contributed by atoms with Gasteiger partial charge in [0.25, 0.3) is 0 Å². The molecule has 2 rings (SSSR count). The van der Waals surface area contributed by atoms with Crippen molar-refractivity contribution in [3.8, 4) is 0 Å². The first kappa shape index (κ1) is 10.6. The summed E-state index contributed by atoms with van der Waals surface area (Å²) >= 11 is 1.54. The molecule has 1 saturated heterocycles. The number of carbonyl (C=O) groups excluding carboxylic acids is 1. The Bertz CT molecular complexity index is 367. The first-order valence-electron chi connectivity index (χ1n) is 5.42. The van der Waals surface area contributed by atoms with Crippen LogP contribution in [0, 0.1) is 6.92 Å². The van der Waals surface area contributed by atoms with Gasteiger partial charge in [0.1, 0.15) is 0 Å². The van der Waals surface area contributed by atoms with Gasteiger partial charge in [0.15, 0.2) is 10.9 Å². The van der Waals surface area contributed by atoms with Gasteiger partial charge >= 0.3 is 0 Å². The molecule has 0 atom stereocenters. The summed E-state index contributed by atoms with van der Waals surface area (Å²) in [4.78, 5) is 18.9. The van der Waals surface area contributed by atoms with E-state index >= 15 is 0 Å². The van der Waals surface area contributed by atoms with Gasteiger partial charge in [0.05, 0.1) is 10.6 Å². The quantitative estimate of drug-likeness (QED) is 0.724. The van der Waals surface area contributed by atoms with E-state index in [1.807, 2.05) is 6.92 Å². The molecule has 0 spiro atoms.